The first kappa shape index (κ1) is 19.4. The van der Waals surface area contributed by atoms with Crippen LogP contribution in [0, 0.1) is 0 Å². The van der Waals surface area contributed by atoms with Crippen molar-refractivity contribution in [2.75, 3.05) is 39.3 Å². The third kappa shape index (κ3) is 4.33. The summed E-state index contributed by atoms with van der Waals surface area (Å²) in [4.78, 5) is 20.5. The molecule has 0 radical (unpaired) electrons. The minimum absolute atomic E-state index is 0.0316. The van der Waals surface area contributed by atoms with E-state index in [4.69, 9.17) is 0 Å². The van der Waals surface area contributed by atoms with Gasteiger partial charge in [0.15, 0.2) is 0 Å². The molecule has 0 spiro atoms. The second-order valence-corrected chi connectivity index (χ2v) is 6.69. The highest BCUT2D eigenvalue weighted by Gasteiger charge is 2.28. The van der Waals surface area contributed by atoms with Gasteiger partial charge < -0.3 is 5.32 Å². The number of imidazole rings is 1. The molecule has 1 fully saturated rings. The largest absolute Gasteiger partial charge is 0.352 e. The minimum atomic E-state index is -2.63. The standard InChI is InChI=1S/C19H25F2N5O/c1-3-8-22-17(27)13-24-9-11-25(12-10-24)14(2)18-23-15-6-4-5-7-16(15)26(18)19(20)21/h3-7,14,19H,1,8-13H2,2H3,(H,22,27). The summed E-state index contributed by atoms with van der Waals surface area (Å²) in [5, 5.41) is 2.77. The zero-order chi connectivity index (χ0) is 19.4. The molecule has 1 unspecified atom stereocenters. The molecule has 1 aliphatic heterocycles. The molecule has 146 valence electrons. The van der Waals surface area contributed by atoms with Gasteiger partial charge in [-0.25, -0.2) is 4.98 Å². The topological polar surface area (TPSA) is 53.4 Å². The Balaban J connectivity index is 1.67. The fourth-order valence-corrected chi connectivity index (χ4v) is 3.48. The van der Waals surface area contributed by atoms with Gasteiger partial charge in [0, 0.05) is 32.7 Å². The lowest BCUT2D eigenvalue weighted by atomic mass is 10.2. The van der Waals surface area contributed by atoms with E-state index in [1.807, 2.05) is 6.92 Å². The van der Waals surface area contributed by atoms with Gasteiger partial charge in [-0.05, 0) is 19.1 Å². The number of nitrogens with one attached hydrogen (secondary N) is 1. The maximum Gasteiger partial charge on any atom is 0.320 e. The fraction of sp³-hybridized carbons (Fsp3) is 0.474. The molecule has 1 aliphatic rings. The summed E-state index contributed by atoms with van der Waals surface area (Å²) in [5.74, 6) is 0.347. The van der Waals surface area contributed by atoms with Crippen molar-refractivity contribution < 1.29 is 13.6 Å². The number of rotatable bonds is 7. The summed E-state index contributed by atoms with van der Waals surface area (Å²) < 4.78 is 28.4. The molecule has 0 bridgehead atoms. The van der Waals surface area contributed by atoms with Crippen LogP contribution in [0.2, 0.25) is 0 Å². The molecule has 3 rings (SSSR count). The number of hydrogen-bond donors (Lipinski definition) is 1. The highest BCUT2D eigenvalue weighted by atomic mass is 19.3. The molecule has 0 aliphatic carbocycles. The molecule has 1 aromatic heterocycles. The highest BCUT2D eigenvalue weighted by Crippen LogP contribution is 2.29. The Morgan fingerprint density at radius 1 is 1.30 bits per heavy atom. The molecule has 2 aromatic rings. The van der Waals surface area contributed by atoms with E-state index in [0.29, 0.717) is 56.1 Å². The van der Waals surface area contributed by atoms with E-state index in [1.165, 1.54) is 0 Å². The van der Waals surface area contributed by atoms with Crippen molar-refractivity contribution in [2.45, 2.75) is 19.5 Å². The van der Waals surface area contributed by atoms with Crippen LogP contribution in [0.5, 0.6) is 0 Å². The predicted octanol–water partition coefficient (Wildman–Crippen LogP) is 2.41. The lowest BCUT2D eigenvalue weighted by Crippen LogP contribution is -2.50. The Morgan fingerprint density at radius 3 is 2.67 bits per heavy atom. The van der Waals surface area contributed by atoms with Gasteiger partial charge in [-0.1, -0.05) is 18.2 Å². The minimum Gasteiger partial charge on any atom is -0.352 e. The van der Waals surface area contributed by atoms with Crippen LogP contribution < -0.4 is 5.32 Å². The third-order valence-electron chi connectivity index (χ3n) is 4.96. The van der Waals surface area contributed by atoms with Crippen molar-refractivity contribution in [3.63, 3.8) is 0 Å². The van der Waals surface area contributed by atoms with Gasteiger partial charge in [0.25, 0.3) is 0 Å². The molecule has 1 aromatic carbocycles. The number of carbonyl (C=O) groups excluding carboxylic acids is 1. The average Bonchev–Trinajstić information content (AvgIpc) is 3.06. The first-order valence-electron chi connectivity index (χ1n) is 9.10. The van der Waals surface area contributed by atoms with Gasteiger partial charge >= 0.3 is 6.55 Å². The van der Waals surface area contributed by atoms with Crippen LogP contribution in [0.25, 0.3) is 11.0 Å². The Bertz CT molecular complexity index is 798. The van der Waals surface area contributed by atoms with Gasteiger partial charge in [0.05, 0.1) is 23.6 Å². The number of hydrogen-bond acceptors (Lipinski definition) is 4. The average molecular weight is 377 g/mol. The summed E-state index contributed by atoms with van der Waals surface area (Å²) >= 11 is 0. The van der Waals surface area contributed by atoms with E-state index in [1.54, 1.807) is 30.3 Å². The normalized spacial score (nSPS) is 17.3. The molecule has 27 heavy (non-hydrogen) atoms. The van der Waals surface area contributed by atoms with Crippen molar-refractivity contribution in [2.24, 2.45) is 0 Å². The highest BCUT2D eigenvalue weighted by molar-refractivity contribution is 5.78. The molecule has 1 N–H and O–H groups in total. The van der Waals surface area contributed by atoms with Crippen LogP contribution in [-0.2, 0) is 4.79 Å². The molecular weight excluding hydrogens is 352 g/mol. The van der Waals surface area contributed by atoms with Gasteiger partial charge in [-0.3, -0.25) is 19.2 Å². The number of para-hydroxylation sites is 2. The summed E-state index contributed by atoms with van der Waals surface area (Å²) in [7, 11) is 0. The maximum absolute atomic E-state index is 13.7. The van der Waals surface area contributed by atoms with Crippen LogP contribution in [0.3, 0.4) is 0 Å². The molecule has 0 saturated carbocycles. The quantitative estimate of drug-likeness (QED) is 0.753. The number of piperazine rings is 1. The van der Waals surface area contributed by atoms with Gasteiger partial charge in [0.1, 0.15) is 5.82 Å². The monoisotopic (exact) mass is 377 g/mol. The van der Waals surface area contributed by atoms with E-state index in [0.717, 1.165) is 4.57 Å². The first-order valence-corrected chi connectivity index (χ1v) is 9.10. The summed E-state index contributed by atoms with van der Waals surface area (Å²) in [6.07, 6.45) is 1.65. The van der Waals surface area contributed by atoms with Crippen molar-refractivity contribution >= 4 is 16.9 Å². The smallest absolute Gasteiger partial charge is 0.320 e. The Morgan fingerprint density at radius 2 is 2.00 bits per heavy atom. The SMILES string of the molecule is C=CCNC(=O)CN1CCN(C(C)c2nc3ccccc3n2C(F)F)CC1. The lowest BCUT2D eigenvalue weighted by molar-refractivity contribution is -0.122. The molecule has 8 heteroatoms. The van der Waals surface area contributed by atoms with Crippen molar-refractivity contribution in [1.29, 1.82) is 0 Å². The summed E-state index contributed by atoms with van der Waals surface area (Å²) in [6, 6.07) is 6.74. The van der Waals surface area contributed by atoms with Gasteiger partial charge in [-0.15, -0.1) is 6.58 Å². The van der Waals surface area contributed by atoms with Crippen molar-refractivity contribution in [1.82, 2.24) is 24.7 Å². The number of aromatic nitrogens is 2. The molecule has 2 heterocycles. The number of halogens is 2. The van der Waals surface area contributed by atoms with Crippen LogP contribution >= 0.6 is 0 Å². The number of nitrogens with zero attached hydrogens (tertiary/aromatic N) is 4. The molecular formula is C19H25F2N5O. The lowest BCUT2D eigenvalue weighted by Gasteiger charge is -2.37. The van der Waals surface area contributed by atoms with Crippen molar-refractivity contribution in [3.8, 4) is 0 Å². The van der Waals surface area contributed by atoms with E-state index < -0.39 is 6.55 Å². The Hall–Kier alpha value is -2.32. The third-order valence-corrected chi connectivity index (χ3v) is 4.96. The first-order chi connectivity index (χ1) is 13.0. The number of amides is 1. The van der Waals surface area contributed by atoms with E-state index in [9.17, 15) is 13.6 Å². The maximum atomic E-state index is 13.7. The van der Waals surface area contributed by atoms with Crippen LogP contribution in [-0.4, -0.2) is 64.5 Å². The molecule has 1 amide bonds. The Labute approximate surface area is 157 Å². The summed E-state index contributed by atoms with van der Waals surface area (Å²) in [5.41, 5.74) is 1.03. The van der Waals surface area contributed by atoms with Gasteiger partial charge in [0.2, 0.25) is 5.91 Å². The van der Waals surface area contributed by atoms with Gasteiger partial charge in [-0.2, -0.15) is 8.78 Å². The van der Waals surface area contributed by atoms with Crippen molar-refractivity contribution in [3.05, 3.63) is 42.7 Å². The number of carbonyl (C=O) groups is 1. The summed E-state index contributed by atoms with van der Waals surface area (Å²) in [6.45, 7) is 6.46. The van der Waals surface area contributed by atoms with Crippen LogP contribution in [0.1, 0.15) is 25.3 Å². The van der Waals surface area contributed by atoms with Crippen LogP contribution in [0.4, 0.5) is 8.78 Å². The molecule has 6 nitrogen and oxygen atoms in total. The number of alkyl halides is 2. The van der Waals surface area contributed by atoms with E-state index in [-0.39, 0.29) is 11.9 Å². The zero-order valence-electron chi connectivity index (χ0n) is 15.4. The van der Waals surface area contributed by atoms with Crippen LogP contribution in [0.15, 0.2) is 36.9 Å². The fourth-order valence-electron chi connectivity index (χ4n) is 3.48. The zero-order valence-corrected chi connectivity index (χ0v) is 15.4. The number of benzene rings is 1. The second-order valence-electron chi connectivity index (χ2n) is 6.69. The number of fused-ring (bicyclic) bond motifs is 1. The molecule has 1 saturated heterocycles. The predicted molar refractivity (Wildman–Crippen MR) is 101 cm³/mol. The van der Waals surface area contributed by atoms with E-state index in [2.05, 4.69) is 26.7 Å². The molecule has 1 atom stereocenters. The van der Waals surface area contributed by atoms with E-state index >= 15 is 0 Å². The second kappa shape index (κ2) is 8.58. The Kier molecular flexibility index (Phi) is 6.18.